The number of benzene rings is 1. The maximum absolute atomic E-state index is 13.3. The summed E-state index contributed by atoms with van der Waals surface area (Å²) in [4.78, 5) is 29.7. The van der Waals surface area contributed by atoms with Crippen LogP contribution in [0.3, 0.4) is 0 Å². The summed E-state index contributed by atoms with van der Waals surface area (Å²) in [5.41, 5.74) is 0.795. The van der Waals surface area contributed by atoms with Crippen molar-refractivity contribution in [2.24, 2.45) is 0 Å². The molecule has 1 aromatic rings. The summed E-state index contributed by atoms with van der Waals surface area (Å²) in [5.74, 6) is -0.157. The van der Waals surface area contributed by atoms with Gasteiger partial charge in [0, 0.05) is 46.2 Å². The molecule has 1 heterocycles. The maximum Gasteiger partial charge on any atom is 0.237 e. The van der Waals surface area contributed by atoms with Gasteiger partial charge in [-0.25, -0.2) is 4.39 Å². The quantitative estimate of drug-likeness (QED) is 0.823. The van der Waals surface area contributed by atoms with E-state index in [0.29, 0.717) is 32.7 Å². The Morgan fingerprint density at radius 2 is 2.00 bits per heavy atom. The van der Waals surface area contributed by atoms with Crippen LogP contribution in [0.5, 0.6) is 0 Å². The molecule has 2 rings (SSSR count). The molecule has 6 heteroatoms. The van der Waals surface area contributed by atoms with E-state index in [4.69, 9.17) is 0 Å². The smallest absolute Gasteiger partial charge is 0.237 e. The van der Waals surface area contributed by atoms with Gasteiger partial charge >= 0.3 is 0 Å². The topological polar surface area (TPSA) is 43.9 Å². The molecule has 1 aliphatic rings. The van der Waals surface area contributed by atoms with E-state index in [9.17, 15) is 14.0 Å². The number of carbonyl (C=O) groups excluding carboxylic acids is 2. The number of nitrogens with zero attached hydrogens (tertiary/aromatic N) is 3. The van der Waals surface area contributed by atoms with Gasteiger partial charge in [-0.2, -0.15) is 0 Å². The minimum atomic E-state index is -0.284. The molecule has 2 amide bonds. The zero-order chi connectivity index (χ0) is 17.5. The van der Waals surface area contributed by atoms with Gasteiger partial charge in [0.1, 0.15) is 5.82 Å². The van der Waals surface area contributed by atoms with Crippen molar-refractivity contribution in [3.05, 3.63) is 35.6 Å². The molecule has 0 saturated carbocycles. The third-order valence-corrected chi connectivity index (χ3v) is 4.39. The lowest BCUT2D eigenvalue weighted by Gasteiger charge is -2.26. The minimum absolute atomic E-state index is 0.0398. The second-order valence-electron chi connectivity index (χ2n) is 6.17. The summed E-state index contributed by atoms with van der Waals surface area (Å²) < 4.78 is 13.3. The number of carbonyl (C=O) groups is 2. The second-order valence-corrected chi connectivity index (χ2v) is 6.17. The summed E-state index contributed by atoms with van der Waals surface area (Å²) >= 11 is 0. The number of amides is 2. The van der Waals surface area contributed by atoms with Crippen molar-refractivity contribution < 1.29 is 14.0 Å². The van der Waals surface area contributed by atoms with Gasteiger partial charge in [-0.15, -0.1) is 0 Å². The predicted molar refractivity (Wildman–Crippen MR) is 90.8 cm³/mol. The van der Waals surface area contributed by atoms with Gasteiger partial charge in [0.25, 0.3) is 0 Å². The van der Waals surface area contributed by atoms with Crippen molar-refractivity contribution in [3.8, 4) is 0 Å². The lowest BCUT2D eigenvalue weighted by Crippen LogP contribution is -2.41. The molecule has 0 atom stereocenters. The SMILES string of the molecule is CCN(Cc1cccc(F)c1)C(=O)CN1CCCN(C(C)=O)CC1. The van der Waals surface area contributed by atoms with Gasteiger partial charge in [0.15, 0.2) is 0 Å². The largest absolute Gasteiger partial charge is 0.342 e. The first-order valence-corrected chi connectivity index (χ1v) is 8.49. The number of hydrogen-bond acceptors (Lipinski definition) is 3. The highest BCUT2D eigenvalue weighted by Crippen LogP contribution is 2.09. The van der Waals surface area contributed by atoms with E-state index in [-0.39, 0.29) is 17.6 Å². The first kappa shape index (κ1) is 18.4. The van der Waals surface area contributed by atoms with Crippen molar-refractivity contribution >= 4 is 11.8 Å². The van der Waals surface area contributed by atoms with Crippen LogP contribution >= 0.6 is 0 Å². The van der Waals surface area contributed by atoms with Crippen LogP contribution in [0.4, 0.5) is 4.39 Å². The summed E-state index contributed by atoms with van der Waals surface area (Å²) in [5, 5.41) is 0. The molecule has 0 radical (unpaired) electrons. The van der Waals surface area contributed by atoms with E-state index in [2.05, 4.69) is 4.90 Å². The Kier molecular flexibility index (Phi) is 6.73. The molecule has 1 fully saturated rings. The van der Waals surface area contributed by atoms with Gasteiger partial charge in [-0.1, -0.05) is 12.1 Å². The molecule has 1 aliphatic heterocycles. The molecule has 0 bridgehead atoms. The van der Waals surface area contributed by atoms with Crippen molar-refractivity contribution in [2.45, 2.75) is 26.8 Å². The molecule has 132 valence electrons. The zero-order valence-corrected chi connectivity index (χ0v) is 14.5. The van der Waals surface area contributed by atoms with E-state index in [0.717, 1.165) is 25.1 Å². The van der Waals surface area contributed by atoms with Crippen LogP contribution in [0.1, 0.15) is 25.8 Å². The lowest BCUT2D eigenvalue weighted by atomic mass is 10.2. The number of likely N-dealkylation sites (N-methyl/N-ethyl adjacent to an activating group) is 1. The Hall–Kier alpha value is -1.95. The summed E-state index contributed by atoms with van der Waals surface area (Å²) in [7, 11) is 0. The van der Waals surface area contributed by atoms with Crippen molar-refractivity contribution in [1.29, 1.82) is 0 Å². The molecule has 0 aliphatic carbocycles. The Morgan fingerprint density at radius 3 is 2.67 bits per heavy atom. The third-order valence-electron chi connectivity index (χ3n) is 4.39. The second kappa shape index (κ2) is 8.78. The van der Waals surface area contributed by atoms with Crippen LogP contribution in [0.15, 0.2) is 24.3 Å². The highest BCUT2D eigenvalue weighted by atomic mass is 19.1. The van der Waals surface area contributed by atoms with Gasteiger partial charge in [-0.3, -0.25) is 14.5 Å². The van der Waals surface area contributed by atoms with Crippen LogP contribution in [0.2, 0.25) is 0 Å². The molecule has 5 nitrogen and oxygen atoms in total. The van der Waals surface area contributed by atoms with Crippen LogP contribution in [-0.4, -0.2) is 65.8 Å². The Bertz CT molecular complexity index is 579. The molecule has 24 heavy (non-hydrogen) atoms. The molecule has 1 aromatic carbocycles. The fraction of sp³-hybridized carbons (Fsp3) is 0.556. The highest BCUT2D eigenvalue weighted by molar-refractivity contribution is 5.78. The zero-order valence-electron chi connectivity index (χ0n) is 14.5. The van der Waals surface area contributed by atoms with Gasteiger partial charge in [0.2, 0.25) is 11.8 Å². The molecule has 0 spiro atoms. The Labute approximate surface area is 143 Å². The first-order valence-electron chi connectivity index (χ1n) is 8.49. The Balaban J connectivity index is 1.90. The average Bonchev–Trinajstić information content (AvgIpc) is 2.78. The normalized spacial score (nSPS) is 15.9. The van der Waals surface area contributed by atoms with E-state index < -0.39 is 0 Å². The fourth-order valence-electron chi connectivity index (χ4n) is 2.97. The van der Waals surface area contributed by atoms with E-state index >= 15 is 0 Å². The van der Waals surface area contributed by atoms with E-state index in [1.807, 2.05) is 17.9 Å². The number of halogens is 1. The summed E-state index contributed by atoms with van der Waals surface area (Å²) in [6.07, 6.45) is 0.878. The van der Waals surface area contributed by atoms with Crippen LogP contribution in [0, 0.1) is 5.82 Å². The van der Waals surface area contributed by atoms with Crippen LogP contribution in [0.25, 0.3) is 0 Å². The third kappa shape index (κ3) is 5.30. The molecule has 0 unspecified atom stereocenters. The van der Waals surface area contributed by atoms with Gasteiger partial charge in [-0.05, 0) is 31.0 Å². The fourth-order valence-corrected chi connectivity index (χ4v) is 2.97. The first-order chi connectivity index (χ1) is 11.5. The van der Waals surface area contributed by atoms with Gasteiger partial charge in [0.05, 0.1) is 6.54 Å². The predicted octanol–water partition coefficient (Wildman–Crippen LogP) is 1.73. The lowest BCUT2D eigenvalue weighted by molar-refractivity contribution is -0.132. The van der Waals surface area contributed by atoms with Crippen LogP contribution < -0.4 is 0 Å². The minimum Gasteiger partial charge on any atom is -0.342 e. The van der Waals surface area contributed by atoms with Gasteiger partial charge < -0.3 is 9.80 Å². The van der Waals surface area contributed by atoms with Crippen LogP contribution in [-0.2, 0) is 16.1 Å². The molecular formula is C18H26FN3O2. The van der Waals surface area contributed by atoms with Crippen molar-refractivity contribution in [3.63, 3.8) is 0 Å². The Morgan fingerprint density at radius 1 is 1.21 bits per heavy atom. The van der Waals surface area contributed by atoms with E-state index in [1.54, 1.807) is 17.9 Å². The average molecular weight is 335 g/mol. The highest BCUT2D eigenvalue weighted by Gasteiger charge is 2.20. The molecular weight excluding hydrogens is 309 g/mol. The summed E-state index contributed by atoms with van der Waals surface area (Å²) in [6, 6.07) is 6.36. The molecule has 1 saturated heterocycles. The monoisotopic (exact) mass is 335 g/mol. The van der Waals surface area contributed by atoms with Crippen molar-refractivity contribution in [2.75, 3.05) is 39.3 Å². The molecule has 0 aromatic heterocycles. The number of hydrogen-bond donors (Lipinski definition) is 0. The van der Waals surface area contributed by atoms with E-state index in [1.165, 1.54) is 12.1 Å². The van der Waals surface area contributed by atoms with Crippen molar-refractivity contribution in [1.82, 2.24) is 14.7 Å². The summed E-state index contributed by atoms with van der Waals surface area (Å²) in [6.45, 7) is 7.79. The maximum atomic E-state index is 13.3. The molecule has 0 N–H and O–H groups in total. The number of rotatable bonds is 5. The standard InChI is InChI=1S/C18H26FN3O2/c1-3-21(13-16-6-4-7-17(19)12-16)18(24)14-20-8-5-9-22(11-10-20)15(2)23/h4,6-7,12H,3,5,8-11,13-14H2,1-2H3.